The molecule has 0 aliphatic heterocycles. The number of aryl methyl sites for hydroxylation is 1. The first-order valence-electron chi connectivity index (χ1n) is 15.1. The van der Waals surface area contributed by atoms with Crippen LogP contribution in [0, 0.1) is 6.92 Å². The molecule has 0 aliphatic carbocycles. The number of para-hydroxylation sites is 2. The van der Waals surface area contributed by atoms with E-state index < -0.39 is 28.5 Å². The summed E-state index contributed by atoms with van der Waals surface area (Å²) in [6.07, 6.45) is 0.924. The van der Waals surface area contributed by atoms with Gasteiger partial charge in [0, 0.05) is 24.0 Å². The summed E-state index contributed by atoms with van der Waals surface area (Å²) in [5.74, 6) is -0.604. The Hall–Kier alpha value is -4.34. The third-order valence-electron chi connectivity index (χ3n) is 7.78. The third kappa shape index (κ3) is 8.68. The monoisotopic (exact) mass is 661 g/mol. The van der Waals surface area contributed by atoms with Gasteiger partial charge in [-0.2, -0.15) is 0 Å². The van der Waals surface area contributed by atoms with Gasteiger partial charge < -0.3 is 15.0 Å². The predicted octanol–water partition coefficient (Wildman–Crippen LogP) is 6.41. The maximum Gasteiger partial charge on any atom is 0.264 e. The van der Waals surface area contributed by atoms with Crippen molar-refractivity contribution in [2.75, 3.05) is 18.0 Å². The van der Waals surface area contributed by atoms with Gasteiger partial charge in [-0.05, 0) is 67.8 Å². The fourth-order valence-corrected chi connectivity index (χ4v) is 6.52. The molecule has 242 valence electrons. The number of nitrogens with zero attached hydrogens (tertiary/aromatic N) is 2. The normalized spacial score (nSPS) is 12.5. The number of nitrogens with one attached hydrogen (secondary N) is 1. The zero-order valence-electron chi connectivity index (χ0n) is 26.5. The zero-order chi connectivity index (χ0) is 33.3. The van der Waals surface area contributed by atoms with Gasteiger partial charge in [-0.1, -0.05) is 90.8 Å². The molecule has 0 spiro atoms. The van der Waals surface area contributed by atoms with E-state index in [-0.39, 0.29) is 41.2 Å². The number of hydrogen-bond donors (Lipinski definition) is 1. The lowest BCUT2D eigenvalue weighted by Gasteiger charge is -2.34. The summed E-state index contributed by atoms with van der Waals surface area (Å²) in [5.41, 5.74) is 2.69. The van der Waals surface area contributed by atoms with Crippen LogP contribution in [0.5, 0.6) is 5.75 Å². The highest BCUT2D eigenvalue weighted by molar-refractivity contribution is 7.92. The van der Waals surface area contributed by atoms with Gasteiger partial charge >= 0.3 is 0 Å². The van der Waals surface area contributed by atoms with E-state index in [0.717, 1.165) is 21.0 Å². The average Bonchev–Trinajstić information content (AvgIpc) is 3.06. The molecule has 0 saturated heterocycles. The molecule has 0 unspecified atom stereocenters. The van der Waals surface area contributed by atoms with Gasteiger partial charge in [-0.3, -0.25) is 13.9 Å². The molecule has 8 nitrogen and oxygen atoms in total. The highest BCUT2D eigenvalue weighted by Crippen LogP contribution is 2.33. The van der Waals surface area contributed by atoms with Crippen molar-refractivity contribution < 1.29 is 22.7 Å². The molecule has 4 aromatic carbocycles. The molecule has 4 rings (SSSR count). The van der Waals surface area contributed by atoms with Crippen LogP contribution < -0.4 is 14.4 Å². The lowest BCUT2D eigenvalue weighted by molar-refractivity contribution is -0.140. The number of sulfonamides is 1. The minimum atomic E-state index is -4.25. The number of ether oxygens (including phenoxy) is 1. The number of amides is 2. The van der Waals surface area contributed by atoms with Crippen molar-refractivity contribution in [3.05, 3.63) is 125 Å². The number of rotatable bonds is 14. The molecule has 0 heterocycles. The number of carbonyl (C=O) groups is 2. The minimum Gasteiger partial charge on any atom is -0.495 e. The molecular weight excluding hydrogens is 622 g/mol. The summed E-state index contributed by atoms with van der Waals surface area (Å²) < 4.78 is 35.1. The summed E-state index contributed by atoms with van der Waals surface area (Å²) in [4.78, 5) is 30.0. The first kappa shape index (κ1) is 34.5. The van der Waals surface area contributed by atoms with Gasteiger partial charge in [-0.25, -0.2) is 8.42 Å². The predicted molar refractivity (Wildman–Crippen MR) is 183 cm³/mol. The number of benzene rings is 4. The van der Waals surface area contributed by atoms with Crippen molar-refractivity contribution >= 4 is 39.1 Å². The highest BCUT2D eigenvalue weighted by atomic mass is 35.5. The summed E-state index contributed by atoms with van der Waals surface area (Å²) in [6.45, 7) is 5.21. The van der Waals surface area contributed by atoms with E-state index in [1.807, 2.05) is 51.1 Å². The SMILES string of the molecule is CC[C@@H](C)NC(=O)[C@H](Cc1ccccc1)N(Cc1ccc(Cl)cc1)C(=O)CN(c1ccccc1OC)S(=O)(=O)c1ccc(C)cc1. The Morgan fingerprint density at radius 2 is 1.50 bits per heavy atom. The topological polar surface area (TPSA) is 96.0 Å². The van der Waals surface area contributed by atoms with E-state index in [4.69, 9.17) is 16.3 Å². The maximum absolute atomic E-state index is 14.6. The van der Waals surface area contributed by atoms with Crippen LogP contribution in [-0.4, -0.2) is 50.9 Å². The Morgan fingerprint density at radius 3 is 2.13 bits per heavy atom. The molecule has 4 aromatic rings. The van der Waals surface area contributed by atoms with Gasteiger partial charge in [0.15, 0.2) is 0 Å². The summed E-state index contributed by atoms with van der Waals surface area (Å²) in [5, 5.41) is 3.57. The van der Waals surface area contributed by atoms with Gasteiger partial charge in [-0.15, -0.1) is 0 Å². The number of anilines is 1. The first-order chi connectivity index (χ1) is 22.0. The van der Waals surface area contributed by atoms with E-state index in [1.165, 1.54) is 24.1 Å². The maximum atomic E-state index is 14.6. The van der Waals surface area contributed by atoms with Gasteiger partial charge in [0.05, 0.1) is 17.7 Å². The summed E-state index contributed by atoms with van der Waals surface area (Å²) in [6, 6.07) is 28.5. The number of methoxy groups -OCH3 is 1. The fraction of sp³-hybridized carbons (Fsp3) is 0.278. The molecule has 2 amide bonds. The molecule has 10 heteroatoms. The second-order valence-corrected chi connectivity index (χ2v) is 13.5. The summed E-state index contributed by atoms with van der Waals surface area (Å²) >= 11 is 6.16. The first-order valence-corrected chi connectivity index (χ1v) is 17.0. The van der Waals surface area contributed by atoms with E-state index in [0.29, 0.717) is 11.4 Å². The van der Waals surface area contributed by atoms with Gasteiger partial charge in [0.25, 0.3) is 10.0 Å². The van der Waals surface area contributed by atoms with Crippen molar-refractivity contribution in [2.45, 2.75) is 57.1 Å². The Balaban J connectivity index is 1.83. The lowest BCUT2D eigenvalue weighted by atomic mass is 10.0. The molecule has 0 aliphatic rings. The highest BCUT2D eigenvalue weighted by Gasteiger charge is 2.35. The van der Waals surface area contributed by atoms with Crippen LogP contribution in [0.4, 0.5) is 5.69 Å². The molecule has 0 fully saturated rings. The number of carbonyl (C=O) groups excluding carboxylic acids is 2. The largest absolute Gasteiger partial charge is 0.495 e. The Labute approximate surface area is 277 Å². The van der Waals surface area contributed by atoms with Gasteiger partial charge in [0.2, 0.25) is 11.8 Å². The van der Waals surface area contributed by atoms with Crippen molar-refractivity contribution in [1.82, 2.24) is 10.2 Å². The van der Waals surface area contributed by atoms with E-state index >= 15 is 0 Å². The van der Waals surface area contributed by atoms with Crippen molar-refractivity contribution in [3.63, 3.8) is 0 Å². The summed E-state index contributed by atoms with van der Waals surface area (Å²) in [7, 11) is -2.81. The minimum absolute atomic E-state index is 0.0245. The standard InChI is InChI=1S/C36H40ClN3O5S/c1-5-27(3)38-36(42)33(23-28-11-7-6-8-12-28)39(24-29-17-19-30(37)20-18-29)35(41)25-40(32-13-9-10-14-34(32)45-4)46(43,44)31-21-15-26(2)16-22-31/h6-22,27,33H,5,23-25H2,1-4H3,(H,38,42)/t27-,33+/m1/s1. The van der Waals surface area contributed by atoms with Crippen LogP contribution >= 0.6 is 11.6 Å². The molecule has 2 atom stereocenters. The second kappa shape index (κ2) is 15.8. The molecule has 46 heavy (non-hydrogen) atoms. The van der Waals surface area contributed by atoms with Crippen molar-refractivity contribution in [3.8, 4) is 5.75 Å². The molecule has 1 N–H and O–H groups in total. The van der Waals surface area contributed by atoms with Crippen LogP contribution in [0.1, 0.15) is 37.0 Å². The molecular formula is C36H40ClN3O5S. The van der Waals surface area contributed by atoms with Crippen LogP contribution in [0.15, 0.2) is 108 Å². The Kier molecular flexibility index (Phi) is 11.8. The average molecular weight is 662 g/mol. The molecule has 0 bridgehead atoms. The molecule has 0 radical (unpaired) electrons. The van der Waals surface area contributed by atoms with Crippen molar-refractivity contribution in [2.24, 2.45) is 0 Å². The number of halogens is 1. The number of hydrogen-bond acceptors (Lipinski definition) is 5. The zero-order valence-corrected chi connectivity index (χ0v) is 28.1. The lowest BCUT2D eigenvalue weighted by Crippen LogP contribution is -2.54. The van der Waals surface area contributed by atoms with Crippen LogP contribution in [0.25, 0.3) is 0 Å². The van der Waals surface area contributed by atoms with E-state index in [9.17, 15) is 18.0 Å². The van der Waals surface area contributed by atoms with Crippen LogP contribution in [0.3, 0.4) is 0 Å². The van der Waals surface area contributed by atoms with E-state index in [1.54, 1.807) is 60.7 Å². The Morgan fingerprint density at radius 1 is 0.870 bits per heavy atom. The van der Waals surface area contributed by atoms with Crippen molar-refractivity contribution in [1.29, 1.82) is 0 Å². The molecule has 0 saturated carbocycles. The fourth-order valence-electron chi connectivity index (χ4n) is 4.97. The third-order valence-corrected chi connectivity index (χ3v) is 9.81. The van der Waals surface area contributed by atoms with E-state index in [2.05, 4.69) is 5.32 Å². The van der Waals surface area contributed by atoms with Crippen LogP contribution in [0.2, 0.25) is 5.02 Å². The Bertz CT molecular complexity index is 1720. The quantitative estimate of drug-likeness (QED) is 0.169. The van der Waals surface area contributed by atoms with Crippen LogP contribution in [-0.2, 0) is 32.6 Å². The second-order valence-electron chi connectivity index (χ2n) is 11.2. The molecule has 0 aromatic heterocycles. The van der Waals surface area contributed by atoms with Gasteiger partial charge in [0.1, 0.15) is 18.3 Å². The smallest absolute Gasteiger partial charge is 0.264 e.